The molecule has 2 aliphatic heterocycles. The van der Waals surface area contributed by atoms with Crippen LogP contribution in [0.2, 0.25) is 0 Å². The number of benzene rings is 1. The lowest BCUT2D eigenvalue weighted by Gasteiger charge is -2.47. The van der Waals surface area contributed by atoms with E-state index in [1.807, 2.05) is 13.0 Å². The summed E-state index contributed by atoms with van der Waals surface area (Å²) in [5, 5.41) is 13.2. The third-order valence-electron chi connectivity index (χ3n) is 5.40. The number of halogens is 1. The summed E-state index contributed by atoms with van der Waals surface area (Å²) in [5.41, 5.74) is 1.58. The number of ether oxygens (including phenoxy) is 1. The highest BCUT2D eigenvalue weighted by Crippen LogP contribution is 2.33. The second-order valence-electron chi connectivity index (χ2n) is 7.16. The quantitative estimate of drug-likeness (QED) is 0.838. The number of rotatable bonds is 3. The number of phenols is 1. The van der Waals surface area contributed by atoms with Crippen molar-refractivity contribution in [2.24, 2.45) is 0 Å². The molecule has 0 unspecified atom stereocenters. The van der Waals surface area contributed by atoms with E-state index in [2.05, 4.69) is 17.1 Å². The van der Waals surface area contributed by atoms with Crippen LogP contribution in [0.4, 0.5) is 10.1 Å². The average molecular weight is 322 g/mol. The van der Waals surface area contributed by atoms with Crippen molar-refractivity contribution in [1.82, 2.24) is 4.90 Å². The molecule has 2 fully saturated rings. The fourth-order valence-corrected chi connectivity index (χ4v) is 3.76. The second kappa shape index (κ2) is 6.65. The topological polar surface area (TPSA) is 44.7 Å². The molecule has 0 radical (unpaired) electrons. The first-order valence-corrected chi connectivity index (χ1v) is 8.56. The monoisotopic (exact) mass is 322 g/mol. The Balaban J connectivity index is 1.59. The summed E-state index contributed by atoms with van der Waals surface area (Å²) in [6, 6.07) is 3.45. The predicted molar refractivity (Wildman–Crippen MR) is 89.5 cm³/mol. The summed E-state index contributed by atoms with van der Waals surface area (Å²) in [4.78, 5) is 2.57. The minimum Gasteiger partial charge on any atom is -0.503 e. The van der Waals surface area contributed by atoms with Crippen LogP contribution in [0, 0.1) is 12.7 Å². The van der Waals surface area contributed by atoms with Gasteiger partial charge in [-0.05, 0) is 57.2 Å². The Morgan fingerprint density at radius 3 is 2.57 bits per heavy atom. The standard InChI is InChI=1S/C18H27FN2O2/c1-13-11-15(19)17(22)16(12-13)20-14-3-7-21(8-4-14)18(2)5-9-23-10-6-18/h11-12,14,20,22H,3-10H2,1-2H3. The lowest BCUT2D eigenvalue weighted by molar-refractivity contribution is -0.0273. The Kier molecular flexibility index (Phi) is 4.78. The van der Waals surface area contributed by atoms with Gasteiger partial charge in [-0.25, -0.2) is 4.39 Å². The van der Waals surface area contributed by atoms with Crippen molar-refractivity contribution in [3.63, 3.8) is 0 Å². The van der Waals surface area contributed by atoms with Crippen LogP contribution in [-0.4, -0.2) is 47.9 Å². The molecule has 2 heterocycles. The van der Waals surface area contributed by atoms with E-state index >= 15 is 0 Å². The Bertz CT molecular complexity index is 550. The molecule has 2 saturated heterocycles. The zero-order valence-corrected chi connectivity index (χ0v) is 14.1. The van der Waals surface area contributed by atoms with E-state index in [-0.39, 0.29) is 17.3 Å². The summed E-state index contributed by atoms with van der Waals surface area (Å²) in [6.45, 7) is 7.94. The van der Waals surface area contributed by atoms with Crippen molar-refractivity contribution in [2.75, 3.05) is 31.6 Å². The van der Waals surface area contributed by atoms with Gasteiger partial charge in [-0.3, -0.25) is 4.90 Å². The minimum atomic E-state index is -0.556. The van der Waals surface area contributed by atoms with Gasteiger partial charge in [-0.2, -0.15) is 0 Å². The number of aromatic hydroxyl groups is 1. The van der Waals surface area contributed by atoms with Gasteiger partial charge >= 0.3 is 0 Å². The van der Waals surface area contributed by atoms with Crippen molar-refractivity contribution < 1.29 is 14.2 Å². The van der Waals surface area contributed by atoms with Crippen LogP contribution in [0.3, 0.4) is 0 Å². The van der Waals surface area contributed by atoms with Gasteiger partial charge in [-0.1, -0.05) is 0 Å². The summed E-state index contributed by atoms with van der Waals surface area (Å²) in [6.07, 6.45) is 4.20. The number of anilines is 1. The summed E-state index contributed by atoms with van der Waals surface area (Å²) in [5.74, 6) is -0.825. The van der Waals surface area contributed by atoms with Crippen molar-refractivity contribution >= 4 is 5.69 Å². The van der Waals surface area contributed by atoms with E-state index in [9.17, 15) is 9.50 Å². The first kappa shape index (κ1) is 16.5. The van der Waals surface area contributed by atoms with E-state index in [4.69, 9.17) is 4.74 Å². The minimum absolute atomic E-state index is 0.251. The number of nitrogens with one attached hydrogen (secondary N) is 1. The molecule has 0 bridgehead atoms. The molecular formula is C18H27FN2O2. The molecule has 1 aromatic rings. The molecule has 0 aliphatic carbocycles. The zero-order chi connectivity index (χ0) is 16.4. The number of piperidine rings is 1. The Morgan fingerprint density at radius 1 is 1.26 bits per heavy atom. The molecule has 1 aromatic carbocycles. The van der Waals surface area contributed by atoms with Crippen molar-refractivity contribution in [3.8, 4) is 5.75 Å². The van der Waals surface area contributed by atoms with E-state index in [0.717, 1.165) is 57.6 Å². The van der Waals surface area contributed by atoms with Crippen LogP contribution >= 0.6 is 0 Å². The first-order valence-electron chi connectivity index (χ1n) is 8.56. The van der Waals surface area contributed by atoms with Gasteiger partial charge in [0.1, 0.15) is 0 Å². The number of aryl methyl sites for hydroxylation is 1. The van der Waals surface area contributed by atoms with E-state index in [1.165, 1.54) is 6.07 Å². The number of likely N-dealkylation sites (tertiary alicyclic amines) is 1. The number of hydrogen-bond donors (Lipinski definition) is 2. The van der Waals surface area contributed by atoms with Crippen LogP contribution in [-0.2, 0) is 4.74 Å². The van der Waals surface area contributed by atoms with Crippen molar-refractivity contribution in [1.29, 1.82) is 0 Å². The normalized spacial score (nSPS) is 22.9. The van der Waals surface area contributed by atoms with E-state index < -0.39 is 5.82 Å². The molecule has 23 heavy (non-hydrogen) atoms. The highest BCUT2D eigenvalue weighted by molar-refractivity contribution is 5.58. The molecule has 0 aromatic heterocycles. The summed E-state index contributed by atoms with van der Waals surface area (Å²) < 4.78 is 19.1. The Morgan fingerprint density at radius 2 is 1.91 bits per heavy atom. The van der Waals surface area contributed by atoms with E-state index in [0.29, 0.717) is 5.69 Å². The molecule has 3 rings (SSSR count). The summed E-state index contributed by atoms with van der Waals surface area (Å²) in [7, 11) is 0. The zero-order valence-electron chi connectivity index (χ0n) is 14.1. The maximum absolute atomic E-state index is 13.6. The van der Waals surface area contributed by atoms with E-state index in [1.54, 1.807) is 0 Å². The van der Waals surface area contributed by atoms with Crippen LogP contribution in [0.25, 0.3) is 0 Å². The maximum Gasteiger partial charge on any atom is 0.174 e. The molecule has 0 spiro atoms. The highest BCUT2D eigenvalue weighted by Gasteiger charge is 2.36. The SMILES string of the molecule is Cc1cc(F)c(O)c(NC2CCN(C3(C)CCOCC3)CC2)c1. The van der Waals surface area contributed by atoms with Gasteiger partial charge in [0.25, 0.3) is 0 Å². The van der Waals surface area contributed by atoms with Gasteiger partial charge in [0.2, 0.25) is 0 Å². The third kappa shape index (κ3) is 3.61. The van der Waals surface area contributed by atoms with Crippen LogP contribution in [0.5, 0.6) is 5.75 Å². The largest absolute Gasteiger partial charge is 0.503 e. The molecule has 128 valence electrons. The molecular weight excluding hydrogens is 295 g/mol. The lowest BCUT2D eigenvalue weighted by atomic mass is 9.87. The van der Waals surface area contributed by atoms with Crippen molar-refractivity contribution in [2.45, 2.75) is 51.1 Å². The Hall–Kier alpha value is -1.33. The summed E-state index contributed by atoms with van der Waals surface area (Å²) >= 11 is 0. The van der Waals surface area contributed by atoms with Crippen LogP contribution in [0.1, 0.15) is 38.2 Å². The smallest absolute Gasteiger partial charge is 0.174 e. The van der Waals surface area contributed by atoms with Gasteiger partial charge in [-0.15, -0.1) is 0 Å². The fraction of sp³-hybridized carbons (Fsp3) is 0.667. The number of hydrogen-bond acceptors (Lipinski definition) is 4. The van der Waals surface area contributed by atoms with Crippen LogP contribution in [0.15, 0.2) is 12.1 Å². The molecule has 2 aliphatic rings. The van der Waals surface area contributed by atoms with Gasteiger partial charge in [0.05, 0.1) is 5.69 Å². The number of nitrogens with zero attached hydrogens (tertiary/aromatic N) is 1. The molecule has 0 amide bonds. The first-order chi connectivity index (χ1) is 11.0. The molecule has 5 heteroatoms. The molecule has 0 saturated carbocycles. The molecule has 2 N–H and O–H groups in total. The average Bonchev–Trinajstić information content (AvgIpc) is 2.53. The maximum atomic E-state index is 13.6. The van der Waals surface area contributed by atoms with Gasteiger partial charge in [0, 0.05) is 37.9 Å². The Labute approximate surface area is 137 Å². The lowest BCUT2D eigenvalue weighted by Crippen LogP contribution is -2.54. The van der Waals surface area contributed by atoms with Crippen LogP contribution < -0.4 is 5.32 Å². The van der Waals surface area contributed by atoms with Gasteiger partial charge in [0.15, 0.2) is 11.6 Å². The third-order valence-corrected chi connectivity index (χ3v) is 5.40. The fourth-order valence-electron chi connectivity index (χ4n) is 3.76. The highest BCUT2D eigenvalue weighted by atomic mass is 19.1. The second-order valence-corrected chi connectivity index (χ2v) is 7.16. The van der Waals surface area contributed by atoms with Gasteiger partial charge < -0.3 is 15.2 Å². The number of phenolic OH excluding ortho intramolecular Hbond substituents is 1. The van der Waals surface area contributed by atoms with Crippen molar-refractivity contribution in [3.05, 3.63) is 23.5 Å². The molecule has 4 nitrogen and oxygen atoms in total. The molecule has 0 atom stereocenters. The predicted octanol–water partition coefficient (Wildman–Crippen LogP) is 3.29.